The van der Waals surface area contributed by atoms with Crippen molar-refractivity contribution >= 4 is 42.9 Å². The van der Waals surface area contributed by atoms with Crippen molar-refractivity contribution in [2.45, 2.75) is 69.4 Å². The van der Waals surface area contributed by atoms with Gasteiger partial charge in [0.15, 0.2) is 15.7 Å². The van der Waals surface area contributed by atoms with E-state index in [0.29, 0.717) is 3.91 Å². The van der Waals surface area contributed by atoms with Crippen LogP contribution in [0, 0.1) is 0 Å². The summed E-state index contributed by atoms with van der Waals surface area (Å²) in [7, 11) is -4.60. The summed E-state index contributed by atoms with van der Waals surface area (Å²) in [6.45, 7) is 24.6. The minimum Gasteiger partial charge on any atom is -0.421 e. The van der Waals surface area contributed by atoms with Gasteiger partial charge in [0.05, 0.1) is 0 Å². The second kappa shape index (κ2) is 5.15. The molecule has 0 bridgehead atoms. The van der Waals surface area contributed by atoms with Gasteiger partial charge < -0.3 is 4.43 Å². The molecule has 0 aliphatic rings. The van der Waals surface area contributed by atoms with E-state index in [1.807, 2.05) is 7.11 Å². The van der Waals surface area contributed by atoms with E-state index in [4.69, 9.17) is 15.5 Å². The van der Waals surface area contributed by atoms with E-state index in [1.54, 1.807) is 0 Å². The summed E-state index contributed by atoms with van der Waals surface area (Å²) in [6, 6.07) is 0. The molecule has 0 aromatic rings. The maximum Gasteiger partial charge on any atom is 0.185 e. The van der Waals surface area contributed by atoms with Gasteiger partial charge >= 0.3 is 0 Å². The van der Waals surface area contributed by atoms with Crippen molar-refractivity contribution in [2.75, 3.05) is 7.11 Å². The Balaban J connectivity index is 6.47. The Hall–Kier alpha value is 1.12. The lowest BCUT2D eigenvalue weighted by atomic mass is 11.6. The fraction of sp³-hybridized carbons (Fsp3) is 1.00. The van der Waals surface area contributed by atoms with Crippen molar-refractivity contribution in [3.8, 4) is 0 Å². The first kappa shape index (κ1) is 19.1. The highest BCUT2D eigenvalue weighted by molar-refractivity contribution is 7.40. The summed E-state index contributed by atoms with van der Waals surface area (Å²) in [4.78, 5) is 0. The monoisotopic (exact) mass is 340 g/mol. The molecule has 0 unspecified atom stereocenters. The van der Waals surface area contributed by atoms with E-state index in [-0.39, 0.29) is 0 Å². The summed E-state index contributed by atoms with van der Waals surface area (Å²) in [5.41, 5.74) is 0. The van der Waals surface area contributed by atoms with Crippen molar-refractivity contribution in [2.24, 2.45) is 0 Å². The second-order valence-electron chi connectivity index (χ2n) is 8.44. The molecule has 110 valence electrons. The zero-order chi connectivity index (χ0) is 15.2. The number of halogens is 1. The molecular weight excluding hydrogens is 308 g/mol. The summed E-state index contributed by atoms with van der Waals surface area (Å²) in [5, 5.41) is 0. The molecule has 0 aromatic carbocycles. The highest BCUT2D eigenvalue weighted by Crippen LogP contribution is 2.60. The van der Waals surface area contributed by atoms with Crippen LogP contribution in [0.1, 0.15) is 0 Å². The molecule has 0 radical (unpaired) electrons. The molecule has 0 atom stereocenters. The molecule has 1 nitrogen and oxygen atoms in total. The van der Waals surface area contributed by atoms with E-state index in [2.05, 4.69) is 65.5 Å². The highest BCUT2D eigenvalue weighted by atomic mass is 35.6. The quantitative estimate of drug-likeness (QED) is 0.486. The third-order valence-electron chi connectivity index (χ3n) is 4.56. The second-order valence-corrected chi connectivity index (χ2v) is 32.6. The van der Waals surface area contributed by atoms with Crippen LogP contribution in [0.25, 0.3) is 0 Å². The molecule has 6 heteroatoms. The molecular formula is C12H33ClOSi4. The molecule has 0 rings (SSSR count). The van der Waals surface area contributed by atoms with Crippen molar-refractivity contribution < 1.29 is 4.43 Å². The molecule has 0 heterocycles. The van der Waals surface area contributed by atoms with Gasteiger partial charge in [0.1, 0.15) is 0 Å². The highest BCUT2D eigenvalue weighted by Gasteiger charge is 2.69. The zero-order valence-electron chi connectivity index (χ0n) is 14.3. The lowest BCUT2D eigenvalue weighted by Gasteiger charge is -2.63. The Labute approximate surface area is 124 Å². The van der Waals surface area contributed by atoms with Crippen molar-refractivity contribution in [3.05, 3.63) is 0 Å². The SMILES string of the molecule is CO[Si](C)(C)C([Si](C)(C)C)([Si](C)(C)C)[Si](C)(C)Cl. The number of rotatable bonds is 5. The maximum atomic E-state index is 7.15. The van der Waals surface area contributed by atoms with Crippen LogP contribution in [0.4, 0.5) is 0 Å². The third kappa shape index (κ3) is 2.76. The lowest BCUT2D eigenvalue weighted by molar-refractivity contribution is 0.401. The fourth-order valence-electron chi connectivity index (χ4n) is 5.58. The van der Waals surface area contributed by atoms with E-state index < -0.39 is 31.8 Å². The van der Waals surface area contributed by atoms with Crippen molar-refractivity contribution in [1.29, 1.82) is 0 Å². The van der Waals surface area contributed by atoms with Gasteiger partial charge in [-0.25, -0.2) is 0 Å². The molecule has 0 aliphatic carbocycles. The predicted molar refractivity (Wildman–Crippen MR) is 97.2 cm³/mol. The largest absolute Gasteiger partial charge is 0.421 e. The molecule has 0 fully saturated rings. The molecule has 0 N–H and O–H groups in total. The van der Waals surface area contributed by atoms with Crippen molar-refractivity contribution in [3.63, 3.8) is 0 Å². The van der Waals surface area contributed by atoms with Crippen molar-refractivity contribution in [1.82, 2.24) is 0 Å². The Bertz CT molecular complexity index is 261. The molecule has 0 aromatic heterocycles. The van der Waals surface area contributed by atoms with Gasteiger partial charge in [-0.3, -0.25) is 0 Å². The van der Waals surface area contributed by atoms with Crippen LogP contribution < -0.4 is 0 Å². The molecule has 0 saturated heterocycles. The summed E-state index contributed by atoms with van der Waals surface area (Å²) >= 11 is 7.15. The van der Waals surface area contributed by atoms with Gasteiger partial charge in [-0.2, -0.15) is 11.1 Å². The first-order chi connectivity index (χ1) is 7.56. The van der Waals surface area contributed by atoms with Gasteiger partial charge in [0.2, 0.25) is 0 Å². The molecule has 18 heavy (non-hydrogen) atoms. The average Bonchev–Trinajstić information content (AvgIpc) is 1.94. The molecule has 0 amide bonds. The summed E-state index contributed by atoms with van der Waals surface area (Å²) in [6.07, 6.45) is 0. The minimum atomic E-state index is -1.83. The van der Waals surface area contributed by atoms with Gasteiger partial charge in [-0.1, -0.05) is 52.4 Å². The van der Waals surface area contributed by atoms with E-state index in [1.165, 1.54) is 0 Å². The topological polar surface area (TPSA) is 9.23 Å². The van der Waals surface area contributed by atoms with E-state index in [9.17, 15) is 0 Å². The summed E-state index contributed by atoms with van der Waals surface area (Å²) in [5.74, 6) is 0. The van der Waals surface area contributed by atoms with E-state index in [0.717, 1.165) is 0 Å². The first-order valence-corrected chi connectivity index (χ1v) is 20.7. The molecule has 0 saturated carbocycles. The lowest BCUT2D eigenvalue weighted by Crippen LogP contribution is -2.75. The number of hydrogen-bond donors (Lipinski definition) is 0. The van der Waals surface area contributed by atoms with Gasteiger partial charge in [-0.15, -0.1) is 0 Å². The maximum absolute atomic E-state index is 7.15. The van der Waals surface area contributed by atoms with Gasteiger partial charge in [-0.05, 0) is 17.0 Å². The predicted octanol–water partition coefficient (Wildman–Crippen LogP) is 5.32. The van der Waals surface area contributed by atoms with Crippen LogP contribution >= 0.6 is 11.1 Å². The summed E-state index contributed by atoms with van der Waals surface area (Å²) < 4.78 is 6.50. The Morgan fingerprint density at radius 2 is 1.00 bits per heavy atom. The Kier molecular flexibility index (Phi) is 5.47. The average molecular weight is 341 g/mol. The first-order valence-electron chi connectivity index (χ1n) is 6.80. The Morgan fingerprint density at radius 1 is 0.722 bits per heavy atom. The van der Waals surface area contributed by atoms with E-state index >= 15 is 0 Å². The van der Waals surface area contributed by atoms with Crippen LogP contribution in [0.5, 0.6) is 0 Å². The van der Waals surface area contributed by atoms with Crippen LogP contribution in [0.3, 0.4) is 0 Å². The van der Waals surface area contributed by atoms with Crippen LogP contribution in [0.2, 0.25) is 69.4 Å². The van der Waals surface area contributed by atoms with Gasteiger partial charge in [0, 0.05) is 23.3 Å². The van der Waals surface area contributed by atoms with Crippen LogP contribution in [-0.4, -0.2) is 39.0 Å². The third-order valence-corrected chi connectivity index (χ3v) is 40.5. The fourth-order valence-corrected chi connectivity index (χ4v) is 57.4. The molecule has 0 spiro atoms. The zero-order valence-corrected chi connectivity index (χ0v) is 19.0. The Morgan fingerprint density at radius 3 is 1.06 bits per heavy atom. The van der Waals surface area contributed by atoms with Gasteiger partial charge in [0.25, 0.3) is 0 Å². The van der Waals surface area contributed by atoms with Crippen LogP contribution in [-0.2, 0) is 4.43 Å². The minimum absolute atomic E-state index is 0.357. The normalized spacial score (nSPS) is 16.0. The smallest absolute Gasteiger partial charge is 0.185 e. The standard InChI is InChI=1S/C12H33ClOSi4/c1-14-18(10,11)12(15(2,3)4,16(5,6)7)17(8,9)13/h1-11H3. The van der Waals surface area contributed by atoms with Crippen LogP contribution in [0.15, 0.2) is 0 Å². The molecule has 0 aliphatic heterocycles. The number of hydrogen-bond acceptors (Lipinski definition) is 1.